The summed E-state index contributed by atoms with van der Waals surface area (Å²) < 4.78 is 24.0. The molecule has 0 fully saturated rings. The van der Waals surface area contributed by atoms with Crippen LogP contribution in [-0.2, 0) is 10.0 Å². The number of hydrogen-bond donors (Lipinski definition) is 1. The van der Waals surface area contributed by atoms with Crippen LogP contribution in [0.5, 0.6) is 0 Å². The van der Waals surface area contributed by atoms with E-state index in [1.165, 1.54) is 0 Å². The SMILES string of the molecule is CCN(C)CCNS(=O)(=O)CCl. The summed E-state index contributed by atoms with van der Waals surface area (Å²) in [5.41, 5.74) is 0. The average molecular weight is 215 g/mol. The Morgan fingerprint density at radius 2 is 2.08 bits per heavy atom. The third-order valence-electron chi connectivity index (χ3n) is 1.50. The lowest BCUT2D eigenvalue weighted by Crippen LogP contribution is -2.33. The molecule has 6 heteroatoms. The van der Waals surface area contributed by atoms with Gasteiger partial charge in [-0.2, -0.15) is 0 Å². The largest absolute Gasteiger partial charge is 0.305 e. The lowest BCUT2D eigenvalue weighted by Gasteiger charge is -2.13. The van der Waals surface area contributed by atoms with Gasteiger partial charge in [0.1, 0.15) is 5.21 Å². The number of nitrogens with zero attached hydrogens (tertiary/aromatic N) is 1. The van der Waals surface area contributed by atoms with Gasteiger partial charge in [-0.05, 0) is 13.6 Å². The summed E-state index contributed by atoms with van der Waals surface area (Å²) in [4.78, 5) is 2.01. The van der Waals surface area contributed by atoms with Gasteiger partial charge in [-0.3, -0.25) is 0 Å². The van der Waals surface area contributed by atoms with Gasteiger partial charge < -0.3 is 4.90 Å². The predicted molar refractivity (Wildman–Crippen MR) is 50.8 cm³/mol. The molecule has 74 valence electrons. The Balaban J connectivity index is 3.57. The van der Waals surface area contributed by atoms with Gasteiger partial charge in [-0.15, -0.1) is 11.6 Å². The summed E-state index contributed by atoms with van der Waals surface area (Å²) in [5.74, 6) is 0. The van der Waals surface area contributed by atoms with E-state index < -0.39 is 10.0 Å². The number of alkyl halides is 1. The van der Waals surface area contributed by atoms with Gasteiger partial charge in [0.05, 0.1) is 0 Å². The number of rotatable bonds is 6. The second-order valence-electron chi connectivity index (χ2n) is 2.51. The number of likely N-dealkylation sites (N-methyl/N-ethyl adjacent to an activating group) is 1. The van der Waals surface area contributed by atoms with Gasteiger partial charge in [-0.1, -0.05) is 6.92 Å². The fourth-order valence-electron chi connectivity index (χ4n) is 0.589. The molecular formula is C6H15ClN2O2S. The monoisotopic (exact) mass is 214 g/mol. The summed E-state index contributed by atoms with van der Waals surface area (Å²) in [6.07, 6.45) is 0. The second kappa shape index (κ2) is 5.75. The van der Waals surface area contributed by atoms with Crippen LogP contribution in [-0.4, -0.2) is 45.2 Å². The van der Waals surface area contributed by atoms with E-state index >= 15 is 0 Å². The first-order valence-corrected chi connectivity index (χ1v) is 5.92. The lowest BCUT2D eigenvalue weighted by atomic mass is 10.5. The van der Waals surface area contributed by atoms with Gasteiger partial charge in [-0.25, -0.2) is 13.1 Å². The van der Waals surface area contributed by atoms with E-state index in [9.17, 15) is 8.42 Å². The minimum Gasteiger partial charge on any atom is -0.305 e. The normalized spacial score (nSPS) is 12.3. The van der Waals surface area contributed by atoms with E-state index in [2.05, 4.69) is 4.72 Å². The molecule has 0 bridgehead atoms. The van der Waals surface area contributed by atoms with Crippen LogP contribution in [0.3, 0.4) is 0 Å². The minimum atomic E-state index is -3.23. The molecular weight excluding hydrogens is 200 g/mol. The molecule has 0 aliphatic rings. The van der Waals surface area contributed by atoms with E-state index in [0.717, 1.165) is 6.54 Å². The fourth-order valence-corrected chi connectivity index (χ4v) is 1.30. The van der Waals surface area contributed by atoms with Crippen molar-refractivity contribution < 1.29 is 8.42 Å². The topological polar surface area (TPSA) is 49.4 Å². The van der Waals surface area contributed by atoms with E-state index in [1.807, 2.05) is 18.9 Å². The highest BCUT2D eigenvalue weighted by molar-refractivity contribution is 7.90. The molecule has 0 aliphatic carbocycles. The molecule has 0 saturated carbocycles. The molecule has 0 aromatic carbocycles. The van der Waals surface area contributed by atoms with Crippen molar-refractivity contribution in [2.45, 2.75) is 6.92 Å². The predicted octanol–water partition coefficient (Wildman–Crippen LogP) is 0.0538. The highest BCUT2D eigenvalue weighted by Crippen LogP contribution is 1.87. The summed E-state index contributed by atoms with van der Waals surface area (Å²) in [7, 11) is -1.31. The third kappa shape index (κ3) is 5.77. The Morgan fingerprint density at radius 1 is 1.50 bits per heavy atom. The van der Waals surface area contributed by atoms with Gasteiger partial charge in [0, 0.05) is 13.1 Å². The zero-order valence-corrected chi connectivity index (χ0v) is 8.95. The average Bonchev–Trinajstić information content (AvgIpc) is 2.04. The lowest BCUT2D eigenvalue weighted by molar-refractivity contribution is 0.358. The van der Waals surface area contributed by atoms with Crippen molar-refractivity contribution in [3.63, 3.8) is 0 Å². The van der Waals surface area contributed by atoms with E-state index in [0.29, 0.717) is 13.1 Å². The molecule has 12 heavy (non-hydrogen) atoms. The second-order valence-corrected chi connectivity index (χ2v) is 4.91. The van der Waals surface area contributed by atoms with Crippen LogP contribution in [0.1, 0.15) is 6.92 Å². The first-order valence-electron chi connectivity index (χ1n) is 3.73. The number of sulfonamides is 1. The van der Waals surface area contributed by atoms with Gasteiger partial charge in [0.25, 0.3) is 0 Å². The van der Waals surface area contributed by atoms with E-state index in [-0.39, 0.29) is 5.21 Å². The van der Waals surface area contributed by atoms with Crippen molar-refractivity contribution in [3.8, 4) is 0 Å². The molecule has 0 saturated heterocycles. The van der Waals surface area contributed by atoms with Crippen LogP contribution < -0.4 is 4.72 Å². The smallest absolute Gasteiger partial charge is 0.225 e. The van der Waals surface area contributed by atoms with E-state index in [1.54, 1.807) is 0 Å². The van der Waals surface area contributed by atoms with Crippen molar-refractivity contribution in [2.75, 3.05) is 31.9 Å². The van der Waals surface area contributed by atoms with Gasteiger partial charge in [0.2, 0.25) is 10.0 Å². The van der Waals surface area contributed by atoms with Gasteiger partial charge in [0.15, 0.2) is 0 Å². The highest BCUT2D eigenvalue weighted by atomic mass is 35.5. The molecule has 0 unspecified atom stereocenters. The summed E-state index contributed by atoms with van der Waals surface area (Å²) in [5, 5.41) is -0.372. The molecule has 0 heterocycles. The molecule has 0 amide bonds. The van der Waals surface area contributed by atoms with Crippen molar-refractivity contribution in [1.82, 2.24) is 9.62 Å². The Labute approximate surface area is 78.9 Å². The molecule has 0 aromatic rings. The quantitative estimate of drug-likeness (QED) is 0.636. The fraction of sp³-hybridized carbons (Fsp3) is 1.00. The first-order chi connectivity index (χ1) is 5.52. The molecule has 0 aromatic heterocycles. The zero-order valence-electron chi connectivity index (χ0n) is 7.38. The molecule has 0 radical (unpaired) electrons. The summed E-state index contributed by atoms with van der Waals surface area (Å²) >= 11 is 5.18. The third-order valence-corrected chi connectivity index (χ3v) is 3.29. The molecule has 4 nitrogen and oxygen atoms in total. The molecule has 1 N–H and O–H groups in total. The molecule has 0 spiro atoms. The standard InChI is InChI=1S/C6H15ClN2O2S/c1-3-9(2)5-4-8-12(10,11)6-7/h8H,3-6H2,1-2H3. The Morgan fingerprint density at radius 3 is 2.50 bits per heavy atom. The summed E-state index contributed by atoms with van der Waals surface area (Å²) in [6.45, 7) is 4.03. The Hall–Kier alpha value is 0.160. The maximum Gasteiger partial charge on any atom is 0.225 e. The minimum absolute atomic E-state index is 0.372. The highest BCUT2D eigenvalue weighted by Gasteiger charge is 2.06. The van der Waals surface area contributed by atoms with Crippen molar-refractivity contribution in [3.05, 3.63) is 0 Å². The van der Waals surface area contributed by atoms with Gasteiger partial charge >= 0.3 is 0 Å². The van der Waals surface area contributed by atoms with Crippen LogP contribution in [0, 0.1) is 0 Å². The van der Waals surface area contributed by atoms with Crippen LogP contribution in [0.25, 0.3) is 0 Å². The summed E-state index contributed by atoms with van der Waals surface area (Å²) in [6, 6.07) is 0. The van der Waals surface area contributed by atoms with Crippen LogP contribution >= 0.6 is 11.6 Å². The van der Waals surface area contributed by atoms with Crippen LogP contribution in [0.4, 0.5) is 0 Å². The number of halogens is 1. The zero-order chi connectivity index (χ0) is 9.61. The first kappa shape index (κ1) is 12.2. The molecule has 0 rings (SSSR count). The van der Waals surface area contributed by atoms with E-state index in [4.69, 9.17) is 11.6 Å². The molecule has 0 aliphatic heterocycles. The number of nitrogens with one attached hydrogen (secondary N) is 1. The van der Waals surface area contributed by atoms with Crippen molar-refractivity contribution in [2.24, 2.45) is 0 Å². The number of hydrogen-bond acceptors (Lipinski definition) is 3. The van der Waals surface area contributed by atoms with Crippen molar-refractivity contribution >= 4 is 21.6 Å². The Bertz CT molecular complexity index is 206. The van der Waals surface area contributed by atoms with Crippen LogP contribution in [0.2, 0.25) is 0 Å². The maximum atomic E-state index is 10.8. The Kier molecular flexibility index (Phi) is 5.82. The van der Waals surface area contributed by atoms with Crippen molar-refractivity contribution in [1.29, 1.82) is 0 Å². The molecule has 0 atom stereocenters. The maximum absolute atomic E-state index is 10.8. The van der Waals surface area contributed by atoms with Crippen LogP contribution in [0.15, 0.2) is 0 Å².